The van der Waals surface area contributed by atoms with E-state index < -0.39 is 5.97 Å². The summed E-state index contributed by atoms with van der Waals surface area (Å²) < 4.78 is 6.73. The normalized spacial score (nSPS) is 10.7. The minimum atomic E-state index is -0.435. The highest BCUT2D eigenvalue weighted by atomic mass is 35.5. The van der Waals surface area contributed by atoms with Crippen molar-refractivity contribution in [2.75, 3.05) is 17.7 Å². The molecule has 0 bridgehead atoms. The SMILES string of the molecule is CCOC(=O)c1cccc(NC(=O)CSc2nnc(-c3ccc(Cl)cc3Cl)n2C)c1. The van der Waals surface area contributed by atoms with E-state index in [-0.39, 0.29) is 18.3 Å². The second-order valence-electron chi connectivity index (χ2n) is 6.13. The number of anilines is 1. The lowest BCUT2D eigenvalue weighted by Gasteiger charge is -2.08. The van der Waals surface area contributed by atoms with Crippen molar-refractivity contribution in [3.8, 4) is 11.4 Å². The lowest BCUT2D eigenvalue weighted by Crippen LogP contribution is -2.15. The van der Waals surface area contributed by atoms with Crippen molar-refractivity contribution in [3.05, 3.63) is 58.1 Å². The zero-order valence-electron chi connectivity index (χ0n) is 16.2. The molecule has 1 heterocycles. The number of hydrogen-bond acceptors (Lipinski definition) is 6. The van der Waals surface area contributed by atoms with Crippen molar-refractivity contribution in [3.63, 3.8) is 0 Å². The van der Waals surface area contributed by atoms with Crippen LogP contribution in [0.3, 0.4) is 0 Å². The Morgan fingerprint density at radius 3 is 2.70 bits per heavy atom. The van der Waals surface area contributed by atoms with Crippen LogP contribution < -0.4 is 5.32 Å². The van der Waals surface area contributed by atoms with Gasteiger partial charge in [-0.25, -0.2) is 4.79 Å². The van der Waals surface area contributed by atoms with Crippen LogP contribution >= 0.6 is 35.0 Å². The Kier molecular flexibility index (Phi) is 7.36. The molecule has 1 N–H and O–H groups in total. The van der Waals surface area contributed by atoms with Crippen molar-refractivity contribution in [1.82, 2.24) is 14.8 Å². The summed E-state index contributed by atoms with van der Waals surface area (Å²) >= 11 is 13.4. The number of aromatic nitrogens is 3. The quantitative estimate of drug-likeness (QED) is 0.402. The summed E-state index contributed by atoms with van der Waals surface area (Å²) in [5.41, 5.74) is 1.58. The summed E-state index contributed by atoms with van der Waals surface area (Å²) in [6.07, 6.45) is 0. The van der Waals surface area contributed by atoms with E-state index in [1.807, 2.05) is 0 Å². The molecule has 7 nitrogen and oxygen atoms in total. The van der Waals surface area contributed by atoms with E-state index in [0.717, 1.165) is 0 Å². The van der Waals surface area contributed by atoms with Crippen LogP contribution in [0.4, 0.5) is 5.69 Å². The van der Waals surface area contributed by atoms with Gasteiger partial charge in [-0.2, -0.15) is 0 Å². The van der Waals surface area contributed by atoms with Crippen LogP contribution in [0.1, 0.15) is 17.3 Å². The number of esters is 1. The molecule has 0 spiro atoms. The fourth-order valence-electron chi connectivity index (χ4n) is 2.61. The molecule has 0 unspecified atom stereocenters. The fourth-order valence-corrected chi connectivity index (χ4v) is 3.82. The number of thioether (sulfide) groups is 1. The third-order valence-corrected chi connectivity index (χ3v) is 5.56. The van der Waals surface area contributed by atoms with Gasteiger partial charge in [-0.1, -0.05) is 41.0 Å². The molecule has 1 aromatic heterocycles. The molecule has 156 valence electrons. The number of nitrogens with zero attached hydrogens (tertiary/aromatic N) is 3. The smallest absolute Gasteiger partial charge is 0.338 e. The first-order valence-corrected chi connectivity index (χ1v) is 10.7. The zero-order valence-corrected chi connectivity index (χ0v) is 18.5. The van der Waals surface area contributed by atoms with Gasteiger partial charge in [0.2, 0.25) is 5.91 Å². The molecule has 1 amide bonds. The van der Waals surface area contributed by atoms with Gasteiger partial charge in [-0.15, -0.1) is 10.2 Å². The molecular formula is C20H18Cl2N4O3S. The van der Waals surface area contributed by atoms with Crippen molar-refractivity contribution >= 4 is 52.5 Å². The average Bonchev–Trinajstić information content (AvgIpc) is 3.07. The second-order valence-corrected chi connectivity index (χ2v) is 7.91. The maximum absolute atomic E-state index is 12.3. The summed E-state index contributed by atoms with van der Waals surface area (Å²) in [6, 6.07) is 11.7. The second kappa shape index (κ2) is 9.97. The monoisotopic (exact) mass is 464 g/mol. The molecule has 2 aromatic carbocycles. The Morgan fingerprint density at radius 1 is 1.17 bits per heavy atom. The largest absolute Gasteiger partial charge is 0.462 e. The molecular weight excluding hydrogens is 447 g/mol. The van der Waals surface area contributed by atoms with Crippen LogP contribution in [0.2, 0.25) is 10.0 Å². The predicted octanol–water partition coefficient (Wildman–Crippen LogP) is 4.70. The fraction of sp³-hybridized carbons (Fsp3) is 0.200. The molecule has 30 heavy (non-hydrogen) atoms. The predicted molar refractivity (Wildman–Crippen MR) is 118 cm³/mol. The summed E-state index contributed by atoms with van der Waals surface area (Å²) in [5.74, 6) is 0.0106. The molecule has 0 aliphatic carbocycles. The van der Waals surface area contributed by atoms with Gasteiger partial charge in [0.05, 0.1) is 22.9 Å². The lowest BCUT2D eigenvalue weighted by molar-refractivity contribution is -0.113. The molecule has 10 heteroatoms. The Labute approximate surface area is 187 Å². The minimum Gasteiger partial charge on any atom is -0.462 e. The number of rotatable bonds is 7. The molecule has 0 fully saturated rings. The number of carbonyl (C=O) groups excluding carboxylic acids is 2. The number of halogens is 2. The maximum Gasteiger partial charge on any atom is 0.338 e. The Balaban J connectivity index is 1.64. The van der Waals surface area contributed by atoms with Crippen LogP contribution in [0.15, 0.2) is 47.6 Å². The van der Waals surface area contributed by atoms with Gasteiger partial charge in [0.1, 0.15) is 0 Å². The zero-order chi connectivity index (χ0) is 21.7. The molecule has 3 rings (SSSR count). The van der Waals surface area contributed by atoms with Crippen molar-refractivity contribution < 1.29 is 14.3 Å². The standard InChI is InChI=1S/C20H18Cl2N4O3S/c1-3-29-19(28)12-5-4-6-14(9-12)23-17(27)11-30-20-25-24-18(26(20)2)15-8-7-13(21)10-16(15)22/h4-10H,3,11H2,1-2H3,(H,23,27). The summed E-state index contributed by atoms with van der Waals surface area (Å²) in [5, 5.41) is 12.6. The topological polar surface area (TPSA) is 86.1 Å². The van der Waals surface area contributed by atoms with Gasteiger partial charge in [-0.05, 0) is 43.3 Å². The first kappa shape index (κ1) is 22.1. The number of carbonyl (C=O) groups is 2. The minimum absolute atomic E-state index is 0.115. The molecule has 0 saturated heterocycles. The van der Waals surface area contributed by atoms with Gasteiger partial charge >= 0.3 is 5.97 Å². The molecule has 0 aliphatic heterocycles. The molecule has 0 aliphatic rings. The van der Waals surface area contributed by atoms with Gasteiger partial charge in [-0.3, -0.25) is 4.79 Å². The highest BCUT2D eigenvalue weighted by molar-refractivity contribution is 7.99. The summed E-state index contributed by atoms with van der Waals surface area (Å²) in [4.78, 5) is 24.1. The van der Waals surface area contributed by atoms with Crippen LogP contribution in [0.5, 0.6) is 0 Å². The van der Waals surface area contributed by atoms with E-state index in [1.54, 1.807) is 61.0 Å². The van der Waals surface area contributed by atoms with Crippen LogP contribution in [0, 0.1) is 0 Å². The van der Waals surface area contributed by atoms with Crippen LogP contribution in [-0.4, -0.2) is 39.0 Å². The average molecular weight is 465 g/mol. The van der Waals surface area contributed by atoms with Gasteiger partial charge in [0, 0.05) is 23.3 Å². The van der Waals surface area contributed by atoms with Crippen molar-refractivity contribution in [2.24, 2.45) is 7.05 Å². The van der Waals surface area contributed by atoms with E-state index in [9.17, 15) is 9.59 Å². The maximum atomic E-state index is 12.3. The molecule has 0 atom stereocenters. The summed E-state index contributed by atoms with van der Waals surface area (Å²) in [7, 11) is 1.79. The van der Waals surface area contributed by atoms with E-state index in [2.05, 4.69) is 15.5 Å². The number of ether oxygens (including phenoxy) is 1. The summed E-state index contributed by atoms with van der Waals surface area (Å²) in [6.45, 7) is 2.02. The Morgan fingerprint density at radius 2 is 1.97 bits per heavy atom. The van der Waals surface area contributed by atoms with Crippen LogP contribution in [0.25, 0.3) is 11.4 Å². The van der Waals surface area contributed by atoms with Crippen molar-refractivity contribution in [2.45, 2.75) is 12.1 Å². The van der Waals surface area contributed by atoms with E-state index in [0.29, 0.717) is 37.8 Å². The lowest BCUT2D eigenvalue weighted by atomic mass is 10.2. The first-order chi connectivity index (χ1) is 14.4. The van der Waals surface area contributed by atoms with Gasteiger partial charge in [0.25, 0.3) is 0 Å². The van der Waals surface area contributed by atoms with Crippen molar-refractivity contribution in [1.29, 1.82) is 0 Å². The third-order valence-electron chi connectivity index (χ3n) is 4.00. The van der Waals surface area contributed by atoms with Gasteiger partial charge in [0.15, 0.2) is 11.0 Å². The molecule has 0 saturated carbocycles. The highest BCUT2D eigenvalue weighted by Gasteiger charge is 2.16. The molecule has 3 aromatic rings. The third kappa shape index (κ3) is 5.33. The number of hydrogen-bond donors (Lipinski definition) is 1. The number of amides is 1. The number of nitrogens with one attached hydrogen (secondary N) is 1. The van der Waals surface area contributed by atoms with E-state index >= 15 is 0 Å². The Bertz CT molecular complexity index is 1090. The van der Waals surface area contributed by atoms with E-state index in [4.69, 9.17) is 27.9 Å². The van der Waals surface area contributed by atoms with Gasteiger partial charge < -0.3 is 14.6 Å². The Hall–Kier alpha value is -2.55. The van der Waals surface area contributed by atoms with E-state index in [1.165, 1.54) is 11.8 Å². The molecule has 0 radical (unpaired) electrons. The highest BCUT2D eigenvalue weighted by Crippen LogP contribution is 2.30. The first-order valence-electron chi connectivity index (χ1n) is 8.93. The number of benzene rings is 2. The van der Waals surface area contributed by atoms with Crippen LogP contribution in [-0.2, 0) is 16.6 Å².